The van der Waals surface area contributed by atoms with Crippen LogP contribution in [0, 0.1) is 22.7 Å². The monoisotopic (exact) mass is 223 g/mol. The molecule has 0 amide bonds. The highest BCUT2D eigenvalue weighted by molar-refractivity contribution is 5.04. The van der Waals surface area contributed by atoms with E-state index in [0.29, 0.717) is 5.41 Å². The van der Waals surface area contributed by atoms with Crippen molar-refractivity contribution in [2.45, 2.75) is 59.3 Å². The van der Waals surface area contributed by atoms with E-state index in [1.165, 1.54) is 45.1 Å². The Morgan fingerprint density at radius 3 is 2.56 bits per heavy atom. The normalized spacial score (nSPS) is 39.8. The fraction of sp³-hybridized carbons (Fsp3) is 1.00. The lowest BCUT2D eigenvalue weighted by Crippen LogP contribution is -2.20. The molecule has 2 fully saturated rings. The summed E-state index contributed by atoms with van der Waals surface area (Å²) >= 11 is 0. The molecule has 1 N–H and O–H groups in total. The summed E-state index contributed by atoms with van der Waals surface area (Å²) in [5.74, 6) is 1.96. The summed E-state index contributed by atoms with van der Waals surface area (Å²) in [4.78, 5) is 0. The van der Waals surface area contributed by atoms with Crippen LogP contribution < -0.4 is 5.32 Å². The minimum atomic E-state index is 0.527. The van der Waals surface area contributed by atoms with Gasteiger partial charge in [-0.2, -0.15) is 0 Å². The molecule has 0 aliphatic heterocycles. The average molecular weight is 223 g/mol. The SMILES string of the molecule is CNCC1CC12CCCC(C(C)(C)C)CC2. The Morgan fingerprint density at radius 2 is 1.94 bits per heavy atom. The summed E-state index contributed by atoms with van der Waals surface area (Å²) in [6.45, 7) is 8.52. The molecule has 0 heterocycles. The van der Waals surface area contributed by atoms with Gasteiger partial charge in [-0.05, 0) is 68.4 Å². The highest BCUT2D eigenvalue weighted by atomic mass is 14.8. The average Bonchev–Trinajstić information content (AvgIpc) is 2.89. The minimum absolute atomic E-state index is 0.527. The smallest absolute Gasteiger partial charge is 0.00180 e. The van der Waals surface area contributed by atoms with Crippen LogP contribution in [0.15, 0.2) is 0 Å². The van der Waals surface area contributed by atoms with Crippen molar-refractivity contribution in [1.29, 1.82) is 0 Å². The summed E-state index contributed by atoms with van der Waals surface area (Å²) in [6.07, 6.45) is 8.93. The lowest BCUT2D eigenvalue weighted by atomic mass is 9.76. The Balaban J connectivity index is 1.90. The molecular weight excluding hydrogens is 194 g/mol. The van der Waals surface area contributed by atoms with Crippen LogP contribution in [0.5, 0.6) is 0 Å². The van der Waals surface area contributed by atoms with E-state index in [9.17, 15) is 0 Å². The van der Waals surface area contributed by atoms with E-state index < -0.39 is 0 Å². The van der Waals surface area contributed by atoms with Gasteiger partial charge in [0.1, 0.15) is 0 Å². The van der Waals surface area contributed by atoms with E-state index in [1.807, 2.05) is 0 Å². The molecule has 0 aromatic carbocycles. The third-order valence-corrected chi connectivity index (χ3v) is 5.25. The van der Waals surface area contributed by atoms with Gasteiger partial charge in [0.25, 0.3) is 0 Å². The standard InChI is InChI=1S/C15H29N/c1-14(2,3)12-6-5-8-15(9-7-12)10-13(15)11-16-4/h12-13,16H,5-11H2,1-4H3. The van der Waals surface area contributed by atoms with Gasteiger partial charge in [0.2, 0.25) is 0 Å². The quantitative estimate of drug-likeness (QED) is 0.750. The summed E-state index contributed by atoms with van der Waals surface area (Å²) < 4.78 is 0. The molecule has 3 atom stereocenters. The Morgan fingerprint density at radius 1 is 1.19 bits per heavy atom. The molecule has 1 nitrogen and oxygen atoms in total. The first kappa shape index (κ1) is 12.4. The third kappa shape index (κ3) is 2.45. The molecule has 0 radical (unpaired) electrons. The molecule has 2 rings (SSSR count). The molecular formula is C15H29N. The van der Waals surface area contributed by atoms with Crippen molar-refractivity contribution < 1.29 is 0 Å². The van der Waals surface area contributed by atoms with Crippen LogP contribution in [0.4, 0.5) is 0 Å². The van der Waals surface area contributed by atoms with Gasteiger partial charge in [-0.25, -0.2) is 0 Å². The maximum Gasteiger partial charge on any atom is -0.00180 e. The van der Waals surface area contributed by atoms with Crippen LogP contribution in [0.25, 0.3) is 0 Å². The Kier molecular flexibility index (Phi) is 3.36. The first-order chi connectivity index (χ1) is 7.48. The van der Waals surface area contributed by atoms with E-state index in [0.717, 1.165) is 17.3 Å². The minimum Gasteiger partial charge on any atom is -0.319 e. The van der Waals surface area contributed by atoms with Gasteiger partial charge in [0, 0.05) is 0 Å². The predicted molar refractivity (Wildman–Crippen MR) is 70.5 cm³/mol. The van der Waals surface area contributed by atoms with Crippen LogP contribution in [0.2, 0.25) is 0 Å². The first-order valence-corrected chi connectivity index (χ1v) is 7.12. The van der Waals surface area contributed by atoms with E-state index in [-0.39, 0.29) is 0 Å². The van der Waals surface area contributed by atoms with Crippen molar-refractivity contribution in [2.75, 3.05) is 13.6 Å². The van der Waals surface area contributed by atoms with Crippen LogP contribution in [0.1, 0.15) is 59.3 Å². The lowest BCUT2D eigenvalue weighted by Gasteiger charge is -2.29. The molecule has 1 heteroatoms. The van der Waals surface area contributed by atoms with Gasteiger partial charge < -0.3 is 5.32 Å². The molecule has 0 bridgehead atoms. The molecule has 16 heavy (non-hydrogen) atoms. The number of hydrogen-bond donors (Lipinski definition) is 1. The second kappa shape index (κ2) is 4.33. The molecule has 1 spiro atoms. The Labute approximate surface area is 101 Å². The van der Waals surface area contributed by atoms with Crippen molar-refractivity contribution in [3.8, 4) is 0 Å². The maximum atomic E-state index is 3.36. The summed E-state index contributed by atoms with van der Waals surface area (Å²) in [5.41, 5.74) is 1.29. The topological polar surface area (TPSA) is 12.0 Å². The molecule has 2 aliphatic rings. The van der Waals surface area contributed by atoms with Crippen LogP contribution >= 0.6 is 0 Å². The van der Waals surface area contributed by atoms with Gasteiger partial charge in [-0.15, -0.1) is 0 Å². The molecule has 2 aliphatic carbocycles. The highest BCUT2D eigenvalue weighted by Crippen LogP contribution is 2.61. The molecule has 94 valence electrons. The van der Waals surface area contributed by atoms with Gasteiger partial charge in [-0.1, -0.05) is 27.2 Å². The van der Waals surface area contributed by atoms with Crippen molar-refractivity contribution in [3.63, 3.8) is 0 Å². The Hall–Kier alpha value is -0.0400. The molecule has 3 unspecified atom stereocenters. The fourth-order valence-corrected chi connectivity index (χ4v) is 3.88. The Bertz CT molecular complexity index is 240. The highest BCUT2D eigenvalue weighted by Gasteiger charge is 2.53. The maximum absolute atomic E-state index is 3.36. The number of hydrogen-bond acceptors (Lipinski definition) is 1. The van der Waals surface area contributed by atoms with Gasteiger partial charge >= 0.3 is 0 Å². The van der Waals surface area contributed by atoms with Crippen molar-refractivity contribution >= 4 is 0 Å². The third-order valence-electron chi connectivity index (χ3n) is 5.25. The van der Waals surface area contributed by atoms with Crippen LogP contribution in [0.3, 0.4) is 0 Å². The van der Waals surface area contributed by atoms with Crippen molar-refractivity contribution in [1.82, 2.24) is 5.32 Å². The van der Waals surface area contributed by atoms with Crippen molar-refractivity contribution in [3.05, 3.63) is 0 Å². The second-order valence-electron chi connectivity index (χ2n) is 7.31. The summed E-state index contributed by atoms with van der Waals surface area (Å²) in [7, 11) is 2.10. The van der Waals surface area contributed by atoms with E-state index in [2.05, 4.69) is 33.1 Å². The number of nitrogens with one attached hydrogen (secondary N) is 1. The van der Waals surface area contributed by atoms with Crippen LogP contribution in [-0.2, 0) is 0 Å². The van der Waals surface area contributed by atoms with Crippen LogP contribution in [-0.4, -0.2) is 13.6 Å². The summed E-state index contributed by atoms with van der Waals surface area (Å²) in [5, 5.41) is 3.36. The van der Waals surface area contributed by atoms with Gasteiger partial charge in [0.05, 0.1) is 0 Å². The predicted octanol–water partition coefficient (Wildman–Crippen LogP) is 3.84. The fourth-order valence-electron chi connectivity index (χ4n) is 3.88. The van der Waals surface area contributed by atoms with Gasteiger partial charge in [-0.3, -0.25) is 0 Å². The zero-order chi connectivity index (χ0) is 11.8. The first-order valence-electron chi connectivity index (χ1n) is 7.12. The van der Waals surface area contributed by atoms with E-state index in [4.69, 9.17) is 0 Å². The van der Waals surface area contributed by atoms with Gasteiger partial charge in [0.15, 0.2) is 0 Å². The van der Waals surface area contributed by atoms with E-state index >= 15 is 0 Å². The summed E-state index contributed by atoms with van der Waals surface area (Å²) in [6, 6.07) is 0. The zero-order valence-corrected chi connectivity index (χ0v) is 11.6. The molecule has 0 saturated heterocycles. The molecule has 0 aromatic rings. The zero-order valence-electron chi connectivity index (χ0n) is 11.6. The van der Waals surface area contributed by atoms with Crippen molar-refractivity contribution in [2.24, 2.45) is 22.7 Å². The second-order valence-corrected chi connectivity index (χ2v) is 7.31. The lowest BCUT2D eigenvalue weighted by molar-refractivity contribution is 0.211. The number of rotatable bonds is 2. The van der Waals surface area contributed by atoms with E-state index in [1.54, 1.807) is 0 Å². The largest absolute Gasteiger partial charge is 0.319 e. The molecule has 0 aromatic heterocycles. The molecule has 2 saturated carbocycles.